The number of hydrogen-bond donors (Lipinski definition) is 2. The van der Waals surface area contributed by atoms with Crippen molar-refractivity contribution in [3.63, 3.8) is 0 Å². The van der Waals surface area contributed by atoms with E-state index in [1.54, 1.807) is 12.1 Å². The Bertz CT molecular complexity index is 964. The van der Waals surface area contributed by atoms with Crippen molar-refractivity contribution >= 4 is 33.2 Å². The summed E-state index contributed by atoms with van der Waals surface area (Å²) in [7, 11) is -2.29. The smallest absolute Gasteiger partial charge is 0.253 e. The molecule has 2 aromatic rings. The molecule has 0 aliphatic heterocycles. The van der Waals surface area contributed by atoms with E-state index < -0.39 is 34.2 Å². The Kier molecular flexibility index (Phi) is 7.68. The predicted octanol–water partition coefficient (Wildman–Crippen LogP) is 1.61. The highest BCUT2D eigenvalue weighted by molar-refractivity contribution is 7.92. The fourth-order valence-corrected chi connectivity index (χ4v) is 3.34. The second-order valence-corrected chi connectivity index (χ2v) is 8.00. The molecule has 0 heterocycles. The summed E-state index contributed by atoms with van der Waals surface area (Å²) in [6.07, 6.45) is 0.945. The van der Waals surface area contributed by atoms with Crippen LogP contribution in [-0.2, 0) is 19.6 Å². The maximum absolute atomic E-state index is 13.1. The minimum Gasteiger partial charge on any atom is -0.383 e. The standard InChI is InChI=1S/C19H22FN3O5S/c1-28-12-11-21-19(25)16-5-3-4-6-17(16)22-18(24)13-23(29(2,26)27)15-9-7-14(20)8-10-15/h3-10H,11-13H2,1-2H3,(H,21,25)(H,22,24). The van der Waals surface area contributed by atoms with Gasteiger partial charge in [-0.2, -0.15) is 0 Å². The van der Waals surface area contributed by atoms with E-state index in [2.05, 4.69) is 10.6 Å². The van der Waals surface area contributed by atoms with Crippen LogP contribution >= 0.6 is 0 Å². The number of rotatable bonds is 9. The van der Waals surface area contributed by atoms with Crippen molar-refractivity contribution in [2.45, 2.75) is 0 Å². The van der Waals surface area contributed by atoms with Crippen LogP contribution in [0.2, 0.25) is 0 Å². The quantitative estimate of drug-likeness (QED) is 0.596. The van der Waals surface area contributed by atoms with E-state index in [9.17, 15) is 22.4 Å². The Balaban J connectivity index is 2.17. The zero-order valence-corrected chi connectivity index (χ0v) is 16.8. The molecule has 0 atom stereocenters. The fourth-order valence-electron chi connectivity index (χ4n) is 2.48. The van der Waals surface area contributed by atoms with Gasteiger partial charge in [0, 0.05) is 13.7 Å². The first-order chi connectivity index (χ1) is 13.7. The molecule has 29 heavy (non-hydrogen) atoms. The average Bonchev–Trinajstić information content (AvgIpc) is 2.66. The van der Waals surface area contributed by atoms with Gasteiger partial charge in [-0.1, -0.05) is 12.1 Å². The topological polar surface area (TPSA) is 105 Å². The van der Waals surface area contributed by atoms with Crippen LogP contribution < -0.4 is 14.9 Å². The molecular weight excluding hydrogens is 401 g/mol. The van der Waals surface area contributed by atoms with Gasteiger partial charge in [0.1, 0.15) is 12.4 Å². The number of nitrogens with zero attached hydrogens (tertiary/aromatic N) is 1. The normalized spacial score (nSPS) is 11.0. The first kappa shape index (κ1) is 22.3. The van der Waals surface area contributed by atoms with Gasteiger partial charge < -0.3 is 15.4 Å². The van der Waals surface area contributed by atoms with Gasteiger partial charge in [-0.25, -0.2) is 12.8 Å². The molecule has 0 spiro atoms. The number of anilines is 2. The molecule has 0 aromatic heterocycles. The van der Waals surface area contributed by atoms with Crippen LogP contribution in [0.25, 0.3) is 0 Å². The third-order valence-corrected chi connectivity index (χ3v) is 4.98. The van der Waals surface area contributed by atoms with Crippen LogP contribution in [0.3, 0.4) is 0 Å². The fraction of sp³-hybridized carbons (Fsp3) is 0.263. The van der Waals surface area contributed by atoms with E-state index >= 15 is 0 Å². The molecule has 0 unspecified atom stereocenters. The number of nitrogens with one attached hydrogen (secondary N) is 2. The average molecular weight is 423 g/mol. The zero-order valence-electron chi connectivity index (χ0n) is 16.0. The molecular formula is C19H22FN3O5S. The molecule has 0 saturated carbocycles. The SMILES string of the molecule is COCCNC(=O)c1ccccc1NC(=O)CN(c1ccc(F)cc1)S(C)(=O)=O. The molecule has 0 fully saturated rings. The summed E-state index contributed by atoms with van der Waals surface area (Å²) < 4.78 is 43.1. The summed E-state index contributed by atoms with van der Waals surface area (Å²) in [6.45, 7) is 0.0926. The Morgan fingerprint density at radius 3 is 2.38 bits per heavy atom. The second kappa shape index (κ2) is 9.99. The number of hydrogen-bond acceptors (Lipinski definition) is 5. The van der Waals surface area contributed by atoms with E-state index in [-0.39, 0.29) is 16.9 Å². The van der Waals surface area contributed by atoms with Crippen molar-refractivity contribution in [1.82, 2.24) is 5.32 Å². The van der Waals surface area contributed by atoms with Crippen molar-refractivity contribution in [3.8, 4) is 0 Å². The molecule has 2 rings (SSSR count). The van der Waals surface area contributed by atoms with Gasteiger partial charge in [0.15, 0.2) is 0 Å². The number of carbonyl (C=O) groups is 2. The summed E-state index contributed by atoms with van der Waals surface area (Å²) in [5.41, 5.74) is 0.610. The summed E-state index contributed by atoms with van der Waals surface area (Å²) in [6, 6.07) is 11.1. The lowest BCUT2D eigenvalue weighted by Gasteiger charge is -2.22. The number of amides is 2. The summed E-state index contributed by atoms with van der Waals surface area (Å²) in [4.78, 5) is 24.8. The molecule has 2 aromatic carbocycles. The zero-order chi connectivity index (χ0) is 21.4. The molecule has 0 aliphatic rings. The first-order valence-corrected chi connectivity index (χ1v) is 10.5. The monoisotopic (exact) mass is 423 g/mol. The number of halogens is 1. The van der Waals surface area contributed by atoms with Gasteiger partial charge in [0.25, 0.3) is 5.91 Å². The molecule has 2 N–H and O–H groups in total. The van der Waals surface area contributed by atoms with Crippen LogP contribution in [0.1, 0.15) is 10.4 Å². The van der Waals surface area contributed by atoms with Crippen molar-refractivity contribution < 1.29 is 27.1 Å². The third kappa shape index (κ3) is 6.54. The molecule has 0 bridgehead atoms. The highest BCUT2D eigenvalue weighted by atomic mass is 32.2. The van der Waals surface area contributed by atoms with Crippen molar-refractivity contribution in [2.24, 2.45) is 0 Å². The van der Waals surface area contributed by atoms with Crippen LogP contribution in [-0.4, -0.2) is 53.3 Å². The number of sulfonamides is 1. The minimum absolute atomic E-state index is 0.148. The van der Waals surface area contributed by atoms with Gasteiger partial charge in [-0.3, -0.25) is 13.9 Å². The molecule has 156 valence electrons. The minimum atomic E-state index is -3.80. The highest BCUT2D eigenvalue weighted by Gasteiger charge is 2.22. The van der Waals surface area contributed by atoms with Gasteiger partial charge in [-0.15, -0.1) is 0 Å². The largest absolute Gasteiger partial charge is 0.383 e. The van der Waals surface area contributed by atoms with Gasteiger partial charge in [-0.05, 0) is 36.4 Å². The van der Waals surface area contributed by atoms with E-state index in [0.29, 0.717) is 13.2 Å². The number of benzene rings is 2. The molecule has 2 amide bonds. The Morgan fingerprint density at radius 2 is 1.76 bits per heavy atom. The van der Waals surface area contributed by atoms with Crippen LogP contribution in [0.5, 0.6) is 0 Å². The summed E-state index contributed by atoms with van der Waals surface area (Å²) >= 11 is 0. The Hall–Kier alpha value is -2.98. The van der Waals surface area contributed by atoms with Crippen LogP contribution in [0.15, 0.2) is 48.5 Å². The number of carbonyl (C=O) groups excluding carboxylic acids is 2. The van der Waals surface area contributed by atoms with Crippen molar-refractivity contribution in [2.75, 3.05) is 42.7 Å². The van der Waals surface area contributed by atoms with E-state index in [1.807, 2.05) is 0 Å². The van der Waals surface area contributed by atoms with Gasteiger partial charge in [0.05, 0.1) is 29.8 Å². The van der Waals surface area contributed by atoms with Crippen molar-refractivity contribution in [3.05, 3.63) is 59.9 Å². The lowest BCUT2D eigenvalue weighted by atomic mass is 10.1. The van der Waals surface area contributed by atoms with E-state index in [4.69, 9.17) is 4.74 Å². The molecule has 8 nitrogen and oxygen atoms in total. The highest BCUT2D eigenvalue weighted by Crippen LogP contribution is 2.19. The maximum Gasteiger partial charge on any atom is 0.253 e. The molecule has 0 radical (unpaired) electrons. The number of methoxy groups -OCH3 is 1. The first-order valence-electron chi connectivity index (χ1n) is 8.61. The molecule has 0 aliphatic carbocycles. The lowest BCUT2D eigenvalue weighted by molar-refractivity contribution is -0.114. The Labute approximate surface area is 168 Å². The third-order valence-electron chi connectivity index (χ3n) is 3.84. The Morgan fingerprint density at radius 1 is 1.10 bits per heavy atom. The molecule has 10 heteroatoms. The van der Waals surface area contributed by atoms with Crippen LogP contribution in [0, 0.1) is 5.82 Å². The lowest BCUT2D eigenvalue weighted by Crippen LogP contribution is -2.37. The van der Waals surface area contributed by atoms with Crippen LogP contribution in [0.4, 0.5) is 15.8 Å². The number of ether oxygens (including phenoxy) is 1. The second-order valence-electron chi connectivity index (χ2n) is 6.09. The van der Waals surface area contributed by atoms with E-state index in [1.165, 1.54) is 31.4 Å². The summed E-state index contributed by atoms with van der Waals surface area (Å²) in [5, 5.41) is 5.21. The number of para-hydroxylation sites is 1. The predicted molar refractivity (Wildman–Crippen MR) is 108 cm³/mol. The summed E-state index contributed by atoms with van der Waals surface area (Å²) in [5.74, 6) is -1.59. The maximum atomic E-state index is 13.1. The van der Waals surface area contributed by atoms with Crippen molar-refractivity contribution in [1.29, 1.82) is 0 Å². The van der Waals surface area contributed by atoms with Gasteiger partial charge in [0.2, 0.25) is 15.9 Å². The molecule has 0 saturated heterocycles. The van der Waals surface area contributed by atoms with Gasteiger partial charge >= 0.3 is 0 Å². The van der Waals surface area contributed by atoms with E-state index in [0.717, 1.165) is 22.7 Å².